The lowest BCUT2D eigenvalue weighted by molar-refractivity contribution is 0.380. The van der Waals surface area contributed by atoms with Crippen LogP contribution < -0.4 is 10.6 Å². The number of nitrogens with zero attached hydrogens (tertiary/aromatic N) is 3. The van der Waals surface area contributed by atoms with Crippen LogP contribution in [-0.2, 0) is 38.6 Å². The second kappa shape index (κ2) is 12.5. The van der Waals surface area contributed by atoms with Gasteiger partial charge in [0.25, 0.3) is 0 Å². The number of aliphatic imine (C=N–C) groups is 1. The van der Waals surface area contributed by atoms with Gasteiger partial charge in [0.05, 0.1) is 22.9 Å². The molecule has 29 heavy (non-hydrogen) atoms. The van der Waals surface area contributed by atoms with Crippen LogP contribution in [0.2, 0.25) is 0 Å². The van der Waals surface area contributed by atoms with Crippen molar-refractivity contribution in [3.05, 3.63) is 32.6 Å². The highest BCUT2D eigenvalue weighted by atomic mass is 127. The first-order chi connectivity index (χ1) is 13.7. The zero-order valence-corrected chi connectivity index (χ0v) is 21.0. The number of hydrogen-bond donors (Lipinski definition) is 2. The van der Waals surface area contributed by atoms with Gasteiger partial charge >= 0.3 is 0 Å². The topological polar surface area (TPSA) is 75.3 Å². The van der Waals surface area contributed by atoms with Gasteiger partial charge in [-0.05, 0) is 45.4 Å². The molecule has 0 radical (unpaired) electrons. The monoisotopic (exact) mass is 531 g/mol. The molecule has 6 nitrogen and oxygen atoms in total. The fourth-order valence-corrected chi connectivity index (χ4v) is 4.77. The summed E-state index contributed by atoms with van der Waals surface area (Å²) in [7, 11) is 0. The van der Waals surface area contributed by atoms with Crippen LogP contribution in [0.25, 0.3) is 0 Å². The third kappa shape index (κ3) is 6.67. The number of thiazole rings is 1. The van der Waals surface area contributed by atoms with E-state index in [1.165, 1.54) is 41.3 Å². The van der Waals surface area contributed by atoms with E-state index in [1.54, 1.807) is 0 Å². The lowest BCUT2D eigenvalue weighted by atomic mass is 10.0. The summed E-state index contributed by atoms with van der Waals surface area (Å²) in [6.07, 6.45) is 8.83. The molecule has 3 rings (SSSR count). The number of guanidine groups is 1. The average Bonchev–Trinajstić information content (AvgIpc) is 3.31. The molecule has 0 bridgehead atoms. The molecule has 162 valence electrons. The van der Waals surface area contributed by atoms with Crippen LogP contribution >= 0.6 is 35.3 Å². The van der Waals surface area contributed by atoms with E-state index in [0.717, 1.165) is 61.7 Å². The van der Waals surface area contributed by atoms with E-state index in [9.17, 15) is 0 Å². The summed E-state index contributed by atoms with van der Waals surface area (Å²) in [4.78, 5) is 11.1. The lowest BCUT2D eigenvalue weighted by Crippen LogP contribution is -2.37. The summed E-state index contributed by atoms with van der Waals surface area (Å²) >= 11 is 1.92. The first-order valence-electron chi connectivity index (χ1n) is 10.7. The van der Waals surface area contributed by atoms with Crippen molar-refractivity contribution in [1.82, 2.24) is 20.8 Å². The molecule has 0 fully saturated rings. The maximum absolute atomic E-state index is 5.44. The second-order valence-corrected chi connectivity index (χ2v) is 8.32. The predicted molar refractivity (Wildman–Crippen MR) is 131 cm³/mol. The summed E-state index contributed by atoms with van der Waals surface area (Å²) in [5, 5.41) is 12.3. The molecule has 2 heterocycles. The van der Waals surface area contributed by atoms with Crippen molar-refractivity contribution in [3.8, 4) is 0 Å². The van der Waals surface area contributed by atoms with Crippen molar-refractivity contribution in [2.24, 2.45) is 4.99 Å². The van der Waals surface area contributed by atoms with E-state index in [2.05, 4.69) is 36.6 Å². The number of fused-ring (bicyclic) bond motifs is 1. The van der Waals surface area contributed by atoms with Crippen LogP contribution in [0.5, 0.6) is 0 Å². The normalized spacial score (nSPS) is 13.7. The lowest BCUT2D eigenvalue weighted by Gasteiger charge is -2.11. The van der Waals surface area contributed by atoms with Crippen molar-refractivity contribution in [1.29, 1.82) is 0 Å². The fraction of sp³-hybridized carbons (Fsp3) is 0.667. The van der Waals surface area contributed by atoms with Gasteiger partial charge in [-0.1, -0.05) is 19.0 Å². The van der Waals surface area contributed by atoms with Gasteiger partial charge < -0.3 is 15.2 Å². The Balaban J connectivity index is 0.00000300. The quantitative estimate of drug-likeness (QED) is 0.217. The average molecular weight is 532 g/mol. The first kappa shape index (κ1) is 24.1. The molecular weight excluding hydrogens is 497 g/mol. The SMILES string of the molecule is CCNC(=NCc1c(CC)noc1CC)NCCCc1nc2c(s1)CCCC2.I. The van der Waals surface area contributed by atoms with Gasteiger partial charge in [0.15, 0.2) is 5.96 Å². The highest BCUT2D eigenvalue weighted by Crippen LogP contribution is 2.27. The van der Waals surface area contributed by atoms with E-state index >= 15 is 0 Å². The van der Waals surface area contributed by atoms with Crippen LogP contribution in [0.15, 0.2) is 9.52 Å². The molecule has 1 aliphatic carbocycles. The molecule has 0 aromatic carbocycles. The summed E-state index contributed by atoms with van der Waals surface area (Å²) < 4.78 is 5.44. The van der Waals surface area contributed by atoms with Crippen molar-refractivity contribution in [2.75, 3.05) is 13.1 Å². The Bertz CT molecular complexity index is 741. The Labute approximate surface area is 195 Å². The van der Waals surface area contributed by atoms with Crippen molar-refractivity contribution in [2.45, 2.75) is 78.7 Å². The Morgan fingerprint density at radius 3 is 2.69 bits per heavy atom. The molecule has 1 aliphatic rings. The standard InChI is InChI=1S/C21H33N5OS.HI/c1-4-16-15(18(5-2)27-26-16)14-24-21(22-6-3)23-13-9-12-20-25-17-10-7-8-11-19(17)28-20;/h4-14H2,1-3H3,(H2,22,23,24);1H. The van der Waals surface area contributed by atoms with E-state index in [0.29, 0.717) is 6.54 Å². The molecule has 0 atom stereocenters. The first-order valence-corrected chi connectivity index (χ1v) is 11.5. The van der Waals surface area contributed by atoms with E-state index in [4.69, 9.17) is 14.5 Å². The van der Waals surface area contributed by atoms with E-state index in [1.807, 2.05) is 11.3 Å². The van der Waals surface area contributed by atoms with Crippen LogP contribution in [0.4, 0.5) is 0 Å². The van der Waals surface area contributed by atoms with E-state index in [-0.39, 0.29) is 24.0 Å². The van der Waals surface area contributed by atoms with Crippen LogP contribution in [0.1, 0.15) is 72.6 Å². The molecule has 2 N–H and O–H groups in total. The molecule has 0 aliphatic heterocycles. The molecular formula is C21H34IN5OS. The maximum Gasteiger partial charge on any atom is 0.191 e. The van der Waals surface area contributed by atoms with Crippen LogP contribution in [0, 0.1) is 0 Å². The number of hydrogen-bond acceptors (Lipinski definition) is 5. The highest BCUT2D eigenvalue weighted by molar-refractivity contribution is 14.0. The largest absolute Gasteiger partial charge is 0.361 e. The minimum absolute atomic E-state index is 0. The smallest absolute Gasteiger partial charge is 0.191 e. The van der Waals surface area contributed by atoms with Gasteiger partial charge in [-0.3, -0.25) is 0 Å². The third-order valence-electron chi connectivity index (χ3n) is 5.10. The zero-order chi connectivity index (χ0) is 19.8. The summed E-state index contributed by atoms with van der Waals surface area (Å²) in [6, 6.07) is 0. The summed E-state index contributed by atoms with van der Waals surface area (Å²) in [5.41, 5.74) is 3.51. The third-order valence-corrected chi connectivity index (χ3v) is 6.31. The Morgan fingerprint density at radius 2 is 1.97 bits per heavy atom. The molecule has 2 aromatic heterocycles. The zero-order valence-electron chi connectivity index (χ0n) is 17.8. The summed E-state index contributed by atoms with van der Waals surface area (Å²) in [5.74, 6) is 1.80. The van der Waals surface area contributed by atoms with Gasteiger partial charge in [0.2, 0.25) is 0 Å². The molecule has 0 amide bonds. The van der Waals surface area contributed by atoms with Gasteiger partial charge in [-0.2, -0.15) is 0 Å². The van der Waals surface area contributed by atoms with Gasteiger partial charge in [-0.25, -0.2) is 9.98 Å². The van der Waals surface area contributed by atoms with Crippen LogP contribution in [0.3, 0.4) is 0 Å². The highest BCUT2D eigenvalue weighted by Gasteiger charge is 2.15. The van der Waals surface area contributed by atoms with Gasteiger partial charge in [-0.15, -0.1) is 35.3 Å². The van der Waals surface area contributed by atoms with Crippen molar-refractivity contribution >= 4 is 41.3 Å². The number of nitrogens with one attached hydrogen (secondary N) is 2. The van der Waals surface area contributed by atoms with Crippen molar-refractivity contribution < 1.29 is 4.52 Å². The maximum atomic E-state index is 5.44. The number of aryl methyl sites for hydroxylation is 5. The Morgan fingerprint density at radius 1 is 1.14 bits per heavy atom. The fourth-order valence-electron chi connectivity index (χ4n) is 3.58. The summed E-state index contributed by atoms with van der Waals surface area (Å²) in [6.45, 7) is 8.62. The molecule has 0 saturated carbocycles. The minimum atomic E-state index is 0. The second-order valence-electron chi connectivity index (χ2n) is 7.15. The number of halogens is 1. The van der Waals surface area contributed by atoms with Gasteiger partial charge in [0.1, 0.15) is 5.76 Å². The molecule has 2 aromatic rings. The van der Waals surface area contributed by atoms with E-state index < -0.39 is 0 Å². The molecule has 0 unspecified atom stereocenters. The number of aromatic nitrogens is 2. The minimum Gasteiger partial charge on any atom is -0.361 e. The molecule has 8 heteroatoms. The Kier molecular flexibility index (Phi) is 10.4. The molecule has 0 saturated heterocycles. The predicted octanol–water partition coefficient (Wildman–Crippen LogP) is 4.44. The van der Waals surface area contributed by atoms with Crippen molar-refractivity contribution in [3.63, 3.8) is 0 Å². The number of rotatable bonds is 9. The molecule has 0 spiro atoms. The van der Waals surface area contributed by atoms with Crippen LogP contribution in [-0.4, -0.2) is 29.2 Å². The van der Waals surface area contributed by atoms with Gasteiger partial charge in [0, 0.05) is 36.4 Å². The Hall–Kier alpha value is -1.16.